The molecule has 1 atom stereocenters. The van der Waals surface area contributed by atoms with Gasteiger partial charge < -0.3 is 10.1 Å². The summed E-state index contributed by atoms with van der Waals surface area (Å²) in [6.07, 6.45) is 1.07. The fraction of sp³-hybridized carbons (Fsp3) is 0.571. The van der Waals surface area contributed by atoms with E-state index in [4.69, 9.17) is 4.74 Å². The van der Waals surface area contributed by atoms with E-state index in [1.807, 2.05) is 13.0 Å². The lowest BCUT2D eigenvalue weighted by molar-refractivity contribution is 0.334. The Morgan fingerprint density at radius 2 is 2.00 bits per heavy atom. The second-order valence-corrected chi connectivity index (χ2v) is 4.16. The standard InChI is InChI=1S/C14H23NO/c1-4-15-11-12(3)10-13-8-6-7-9-14(13)16-5-2/h6-9,12,15H,4-5,10-11H2,1-3H3. The van der Waals surface area contributed by atoms with Crippen LogP contribution >= 0.6 is 0 Å². The smallest absolute Gasteiger partial charge is 0.122 e. The Hall–Kier alpha value is -1.02. The molecule has 1 rings (SSSR count). The molecule has 0 aliphatic rings. The first-order valence-corrected chi connectivity index (χ1v) is 6.19. The molecule has 1 unspecified atom stereocenters. The van der Waals surface area contributed by atoms with Gasteiger partial charge in [0.15, 0.2) is 0 Å². The number of rotatable bonds is 7. The molecule has 0 fully saturated rings. The Labute approximate surface area is 99.0 Å². The summed E-state index contributed by atoms with van der Waals surface area (Å²) < 4.78 is 5.62. The molecule has 0 spiro atoms. The highest BCUT2D eigenvalue weighted by Gasteiger charge is 2.07. The summed E-state index contributed by atoms with van der Waals surface area (Å²) in [6, 6.07) is 8.33. The fourth-order valence-electron chi connectivity index (χ4n) is 1.81. The Kier molecular flexibility index (Phi) is 5.94. The van der Waals surface area contributed by atoms with Crippen LogP contribution in [0.2, 0.25) is 0 Å². The normalized spacial score (nSPS) is 12.4. The molecule has 0 bridgehead atoms. The topological polar surface area (TPSA) is 21.3 Å². The van der Waals surface area contributed by atoms with Crippen molar-refractivity contribution in [1.29, 1.82) is 0 Å². The van der Waals surface area contributed by atoms with Gasteiger partial charge in [0, 0.05) is 0 Å². The van der Waals surface area contributed by atoms with Gasteiger partial charge in [-0.1, -0.05) is 32.0 Å². The molecule has 1 aromatic rings. The average Bonchev–Trinajstić information content (AvgIpc) is 2.29. The van der Waals surface area contributed by atoms with E-state index in [1.54, 1.807) is 0 Å². The molecule has 0 aliphatic heterocycles. The van der Waals surface area contributed by atoms with Gasteiger partial charge in [0.1, 0.15) is 5.75 Å². The Balaban J connectivity index is 2.57. The second kappa shape index (κ2) is 7.29. The molecule has 1 aromatic carbocycles. The number of hydrogen-bond acceptors (Lipinski definition) is 2. The lowest BCUT2D eigenvalue weighted by atomic mass is 10.0. The van der Waals surface area contributed by atoms with Crippen LogP contribution in [0.1, 0.15) is 26.3 Å². The Bertz CT molecular complexity index is 299. The third-order valence-electron chi connectivity index (χ3n) is 2.58. The monoisotopic (exact) mass is 221 g/mol. The van der Waals surface area contributed by atoms with Gasteiger partial charge in [-0.3, -0.25) is 0 Å². The van der Waals surface area contributed by atoms with Crippen LogP contribution in [0.15, 0.2) is 24.3 Å². The van der Waals surface area contributed by atoms with Crippen LogP contribution in [0.5, 0.6) is 5.75 Å². The summed E-state index contributed by atoms with van der Waals surface area (Å²) in [5, 5.41) is 3.38. The summed E-state index contributed by atoms with van der Waals surface area (Å²) in [5.41, 5.74) is 1.31. The quantitative estimate of drug-likeness (QED) is 0.764. The van der Waals surface area contributed by atoms with Gasteiger partial charge in [0.05, 0.1) is 6.61 Å². The van der Waals surface area contributed by atoms with Crippen molar-refractivity contribution in [2.75, 3.05) is 19.7 Å². The van der Waals surface area contributed by atoms with Crippen LogP contribution in [0.4, 0.5) is 0 Å². The van der Waals surface area contributed by atoms with Gasteiger partial charge in [0.25, 0.3) is 0 Å². The highest BCUT2D eigenvalue weighted by Crippen LogP contribution is 2.21. The van der Waals surface area contributed by atoms with Crippen molar-refractivity contribution in [1.82, 2.24) is 5.32 Å². The molecule has 0 heterocycles. The Morgan fingerprint density at radius 1 is 1.25 bits per heavy atom. The van der Waals surface area contributed by atoms with E-state index < -0.39 is 0 Å². The van der Waals surface area contributed by atoms with Crippen molar-refractivity contribution in [3.63, 3.8) is 0 Å². The maximum atomic E-state index is 5.62. The molecule has 0 aromatic heterocycles. The Morgan fingerprint density at radius 3 is 2.69 bits per heavy atom. The summed E-state index contributed by atoms with van der Waals surface area (Å²) in [7, 11) is 0. The van der Waals surface area contributed by atoms with Gasteiger partial charge in [-0.15, -0.1) is 0 Å². The first-order valence-electron chi connectivity index (χ1n) is 6.19. The SMILES string of the molecule is CCNCC(C)Cc1ccccc1OCC. The van der Waals surface area contributed by atoms with E-state index in [0.29, 0.717) is 5.92 Å². The third-order valence-corrected chi connectivity index (χ3v) is 2.58. The van der Waals surface area contributed by atoms with E-state index >= 15 is 0 Å². The number of benzene rings is 1. The van der Waals surface area contributed by atoms with Crippen molar-refractivity contribution in [2.24, 2.45) is 5.92 Å². The molecule has 0 radical (unpaired) electrons. The maximum absolute atomic E-state index is 5.62. The predicted octanol–water partition coefficient (Wildman–Crippen LogP) is 2.87. The van der Waals surface area contributed by atoms with Gasteiger partial charge in [-0.2, -0.15) is 0 Å². The van der Waals surface area contributed by atoms with Gasteiger partial charge in [0.2, 0.25) is 0 Å². The number of para-hydroxylation sites is 1. The zero-order chi connectivity index (χ0) is 11.8. The lowest BCUT2D eigenvalue weighted by Crippen LogP contribution is -2.22. The second-order valence-electron chi connectivity index (χ2n) is 4.16. The molecule has 1 N–H and O–H groups in total. The number of nitrogens with one attached hydrogen (secondary N) is 1. The molecular weight excluding hydrogens is 198 g/mol. The number of ether oxygens (including phenoxy) is 1. The molecule has 16 heavy (non-hydrogen) atoms. The van der Waals surface area contributed by atoms with Gasteiger partial charge >= 0.3 is 0 Å². The minimum atomic E-state index is 0.640. The summed E-state index contributed by atoms with van der Waals surface area (Å²) in [5.74, 6) is 1.68. The van der Waals surface area contributed by atoms with Crippen LogP contribution < -0.4 is 10.1 Å². The molecule has 0 saturated carbocycles. The van der Waals surface area contributed by atoms with Crippen molar-refractivity contribution in [3.05, 3.63) is 29.8 Å². The van der Waals surface area contributed by atoms with Crippen molar-refractivity contribution in [2.45, 2.75) is 27.2 Å². The predicted molar refractivity (Wildman–Crippen MR) is 69.0 cm³/mol. The van der Waals surface area contributed by atoms with Crippen molar-refractivity contribution in [3.8, 4) is 5.75 Å². The molecule has 2 nitrogen and oxygen atoms in total. The van der Waals surface area contributed by atoms with Gasteiger partial charge in [-0.05, 0) is 44.0 Å². The minimum absolute atomic E-state index is 0.640. The molecular formula is C14H23NO. The van der Waals surface area contributed by atoms with Crippen LogP contribution in [0.25, 0.3) is 0 Å². The fourth-order valence-corrected chi connectivity index (χ4v) is 1.81. The largest absolute Gasteiger partial charge is 0.494 e. The maximum Gasteiger partial charge on any atom is 0.122 e. The number of hydrogen-bond donors (Lipinski definition) is 1. The zero-order valence-corrected chi connectivity index (χ0v) is 10.6. The highest BCUT2D eigenvalue weighted by molar-refractivity contribution is 5.33. The van der Waals surface area contributed by atoms with E-state index in [9.17, 15) is 0 Å². The summed E-state index contributed by atoms with van der Waals surface area (Å²) in [4.78, 5) is 0. The zero-order valence-electron chi connectivity index (χ0n) is 10.6. The molecule has 0 saturated heterocycles. The first kappa shape index (κ1) is 13.0. The first-order chi connectivity index (χ1) is 7.77. The summed E-state index contributed by atoms with van der Waals surface area (Å²) >= 11 is 0. The molecule has 90 valence electrons. The van der Waals surface area contributed by atoms with E-state index in [0.717, 1.165) is 31.9 Å². The van der Waals surface area contributed by atoms with E-state index in [1.165, 1.54) is 5.56 Å². The van der Waals surface area contributed by atoms with E-state index in [-0.39, 0.29) is 0 Å². The average molecular weight is 221 g/mol. The lowest BCUT2D eigenvalue weighted by Gasteiger charge is -2.15. The van der Waals surface area contributed by atoms with Crippen molar-refractivity contribution < 1.29 is 4.74 Å². The van der Waals surface area contributed by atoms with Crippen molar-refractivity contribution >= 4 is 0 Å². The molecule has 0 aliphatic carbocycles. The van der Waals surface area contributed by atoms with Crippen LogP contribution in [0.3, 0.4) is 0 Å². The molecule has 0 amide bonds. The van der Waals surface area contributed by atoms with Gasteiger partial charge in [-0.25, -0.2) is 0 Å². The van der Waals surface area contributed by atoms with Crippen LogP contribution in [-0.2, 0) is 6.42 Å². The summed E-state index contributed by atoms with van der Waals surface area (Å²) in [6.45, 7) is 9.28. The van der Waals surface area contributed by atoms with Crippen LogP contribution in [0, 0.1) is 5.92 Å². The highest BCUT2D eigenvalue weighted by atomic mass is 16.5. The van der Waals surface area contributed by atoms with E-state index in [2.05, 4.69) is 37.4 Å². The third kappa shape index (κ3) is 4.23. The minimum Gasteiger partial charge on any atom is -0.494 e. The van der Waals surface area contributed by atoms with Crippen LogP contribution in [-0.4, -0.2) is 19.7 Å². The molecule has 2 heteroatoms.